The van der Waals surface area contributed by atoms with Crippen molar-refractivity contribution in [2.45, 2.75) is 13.3 Å². The van der Waals surface area contributed by atoms with Crippen molar-refractivity contribution in [2.75, 3.05) is 7.05 Å². The Kier molecular flexibility index (Phi) is 3.81. The van der Waals surface area contributed by atoms with Crippen molar-refractivity contribution in [2.24, 2.45) is 22.7 Å². The molecule has 1 aromatic carbocycles. The third-order valence-electron chi connectivity index (χ3n) is 3.93. The van der Waals surface area contributed by atoms with E-state index in [0.29, 0.717) is 17.8 Å². The van der Waals surface area contributed by atoms with Gasteiger partial charge in [-0.1, -0.05) is 56.0 Å². The number of aliphatic imine (C=N–C) groups is 1. The number of hydrogen-bond acceptors (Lipinski definition) is 1. The fourth-order valence-electron chi connectivity index (χ4n) is 2.89. The van der Waals surface area contributed by atoms with Gasteiger partial charge in [-0.2, -0.15) is 0 Å². The highest BCUT2D eigenvalue weighted by atomic mass is 14.7. The van der Waals surface area contributed by atoms with Crippen LogP contribution in [0, 0.1) is 17.8 Å². The number of benzene rings is 1. The highest BCUT2D eigenvalue weighted by Gasteiger charge is 2.49. The first-order valence-electron chi connectivity index (χ1n) is 6.49. The van der Waals surface area contributed by atoms with E-state index in [0.717, 1.165) is 12.1 Å². The van der Waals surface area contributed by atoms with Gasteiger partial charge >= 0.3 is 0 Å². The summed E-state index contributed by atoms with van der Waals surface area (Å²) in [6, 6.07) is 10.5. The van der Waals surface area contributed by atoms with Gasteiger partial charge in [0, 0.05) is 18.7 Å². The van der Waals surface area contributed by atoms with Crippen LogP contribution in [0.4, 0.5) is 0 Å². The number of nitrogens with zero attached hydrogens (tertiary/aromatic N) is 1. The SMILES string of the molecule is C=C/C(=N/C)C1C(C)C1C(=C)Cc1ccccc1. The zero-order valence-corrected chi connectivity index (χ0v) is 11.3. The van der Waals surface area contributed by atoms with Crippen LogP contribution >= 0.6 is 0 Å². The van der Waals surface area contributed by atoms with Crippen LogP contribution in [0.5, 0.6) is 0 Å². The van der Waals surface area contributed by atoms with E-state index in [1.807, 2.05) is 19.2 Å². The van der Waals surface area contributed by atoms with Gasteiger partial charge in [0.25, 0.3) is 0 Å². The smallest absolute Gasteiger partial charge is 0.0378 e. The molecule has 0 N–H and O–H groups in total. The second kappa shape index (κ2) is 5.34. The number of rotatable bonds is 5. The van der Waals surface area contributed by atoms with Gasteiger partial charge in [0.2, 0.25) is 0 Å². The molecule has 94 valence electrons. The first kappa shape index (κ1) is 12.8. The summed E-state index contributed by atoms with van der Waals surface area (Å²) in [4.78, 5) is 4.32. The molecule has 1 saturated carbocycles. The second-order valence-electron chi connectivity index (χ2n) is 5.08. The highest BCUT2D eigenvalue weighted by Crippen LogP contribution is 2.51. The van der Waals surface area contributed by atoms with Gasteiger partial charge in [-0.3, -0.25) is 4.99 Å². The molecule has 1 aromatic rings. The van der Waals surface area contributed by atoms with Crippen LogP contribution < -0.4 is 0 Å². The zero-order valence-electron chi connectivity index (χ0n) is 11.3. The third kappa shape index (κ3) is 2.45. The Morgan fingerprint density at radius 1 is 1.28 bits per heavy atom. The molecule has 18 heavy (non-hydrogen) atoms. The van der Waals surface area contributed by atoms with Crippen LogP contribution in [0.15, 0.2) is 60.1 Å². The molecule has 1 aliphatic carbocycles. The summed E-state index contributed by atoms with van der Waals surface area (Å²) in [5, 5.41) is 0. The van der Waals surface area contributed by atoms with E-state index in [1.165, 1.54) is 11.1 Å². The van der Waals surface area contributed by atoms with Gasteiger partial charge in [-0.05, 0) is 29.9 Å². The quantitative estimate of drug-likeness (QED) is 0.545. The molecule has 1 aliphatic rings. The van der Waals surface area contributed by atoms with Gasteiger partial charge < -0.3 is 0 Å². The Morgan fingerprint density at radius 3 is 2.50 bits per heavy atom. The Labute approximate surface area is 110 Å². The molecule has 1 nitrogen and oxygen atoms in total. The van der Waals surface area contributed by atoms with Gasteiger partial charge in [-0.25, -0.2) is 0 Å². The molecule has 1 heteroatoms. The summed E-state index contributed by atoms with van der Waals surface area (Å²) < 4.78 is 0. The summed E-state index contributed by atoms with van der Waals surface area (Å²) in [6.07, 6.45) is 2.86. The van der Waals surface area contributed by atoms with E-state index in [-0.39, 0.29) is 0 Å². The molecule has 0 aromatic heterocycles. The lowest BCUT2D eigenvalue weighted by atomic mass is 10.0. The molecule has 0 amide bonds. The first-order chi connectivity index (χ1) is 8.69. The highest BCUT2D eigenvalue weighted by molar-refractivity contribution is 5.99. The first-order valence-corrected chi connectivity index (χ1v) is 6.49. The zero-order chi connectivity index (χ0) is 13.1. The van der Waals surface area contributed by atoms with Crippen molar-refractivity contribution in [3.05, 3.63) is 60.7 Å². The lowest BCUT2D eigenvalue weighted by Gasteiger charge is -2.05. The third-order valence-corrected chi connectivity index (χ3v) is 3.93. The van der Waals surface area contributed by atoms with Gasteiger partial charge in [0.15, 0.2) is 0 Å². The van der Waals surface area contributed by atoms with Crippen molar-refractivity contribution >= 4 is 5.71 Å². The minimum Gasteiger partial charge on any atom is -0.293 e. The maximum atomic E-state index is 4.32. The van der Waals surface area contributed by atoms with Crippen molar-refractivity contribution in [3.63, 3.8) is 0 Å². The average Bonchev–Trinajstić information content (AvgIpc) is 3.04. The van der Waals surface area contributed by atoms with E-state index in [2.05, 4.69) is 49.3 Å². The van der Waals surface area contributed by atoms with Gasteiger partial charge in [0.1, 0.15) is 0 Å². The topological polar surface area (TPSA) is 12.4 Å². The normalized spacial score (nSPS) is 26.8. The Bertz CT molecular complexity index is 470. The van der Waals surface area contributed by atoms with Crippen LogP contribution in [-0.2, 0) is 6.42 Å². The van der Waals surface area contributed by atoms with Crippen LogP contribution in [0.25, 0.3) is 0 Å². The van der Waals surface area contributed by atoms with E-state index in [9.17, 15) is 0 Å². The Balaban J connectivity index is 2.02. The maximum Gasteiger partial charge on any atom is 0.0378 e. The van der Waals surface area contributed by atoms with Crippen molar-refractivity contribution < 1.29 is 0 Å². The molecule has 2 rings (SSSR count). The van der Waals surface area contributed by atoms with E-state index >= 15 is 0 Å². The van der Waals surface area contributed by atoms with Crippen LogP contribution in [-0.4, -0.2) is 12.8 Å². The molecule has 0 radical (unpaired) electrons. The molecular weight excluding hydrogens is 218 g/mol. The van der Waals surface area contributed by atoms with Crippen LogP contribution in [0.3, 0.4) is 0 Å². The predicted octanol–water partition coefficient (Wildman–Crippen LogP) is 3.92. The summed E-state index contributed by atoms with van der Waals surface area (Å²) in [5.41, 5.74) is 3.79. The molecule has 0 spiro atoms. The lowest BCUT2D eigenvalue weighted by molar-refractivity contribution is 0.831. The predicted molar refractivity (Wildman–Crippen MR) is 79.0 cm³/mol. The van der Waals surface area contributed by atoms with Crippen molar-refractivity contribution in [1.29, 1.82) is 0 Å². The summed E-state index contributed by atoms with van der Waals surface area (Å²) in [5.74, 6) is 1.75. The molecule has 0 heterocycles. The fraction of sp³-hybridized carbons (Fsp3) is 0.353. The number of allylic oxidation sites excluding steroid dienone is 2. The van der Waals surface area contributed by atoms with E-state index < -0.39 is 0 Å². The van der Waals surface area contributed by atoms with Gasteiger partial charge in [0.05, 0.1) is 0 Å². The van der Waals surface area contributed by atoms with E-state index in [1.54, 1.807) is 0 Å². The monoisotopic (exact) mass is 239 g/mol. The molecule has 1 fully saturated rings. The Morgan fingerprint density at radius 2 is 1.94 bits per heavy atom. The van der Waals surface area contributed by atoms with Gasteiger partial charge in [-0.15, -0.1) is 0 Å². The summed E-state index contributed by atoms with van der Waals surface area (Å²) >= 11 is 0. The van der Waals surface area contributed by atoms with Crippen LogP contribution in [0.2, 0.25) is 0 Å². The minimum atomic E-state index is 0.531. The van der Waals surface area contributed by atoms with Crippen molar-refractivity contribution in [1.82, 2.24) is 0 Å². The largest absolute Gasteiger partial charge is 0.293 e. The maximum absolute atomic E-state index is 4.32. The summed E-state index contributed by atoms with van der Waals surface area (Å²) in [7, 11) is 1.85. The molecule has 0 saturated heterocycles. The lowest BCUT2D eigenvalue weighted by Crippen LogP contribution is -2.01. The summed E-state index contributed by atoms with van der Waals surface area (Å²) in [6.45, 7) is 10.4. The van der Waals surface area contributed by atoms with Crippen LogP contribution in [0.1, 0.15) is 12.5 Å². The molecule has 0 bridgehead atoms. The Hall–Kier alpha value is -1.63. The minimum absolute atomic E-state index is 0.531. The molecule has 3 unspecified atom stereocenters. The standard InChI is InChI=1S/C17H21N/c1-5-15(18-4)17-13(3)16(17)12(2)11-14-9-7-6-8-10-14/h5-10,13,16-17H,1-2,11H2,3-4H3/b18-15-. The number of hydrogen-bond donors (Lipinski definition) is 0. The fourth-order valence-corrected chi connectivity index (χ4v) is 2.89. The second-order valence-corrected chi connectivity index (χ2v) is 5.08. The van der Waals surface area contributed by atoms with Crippen molar-refractivity contribution in [3.8, 4) is 0 Å². The molecule has 3 atom stereocenters. The molecular formula is C17H21N. The average molecular weight is 239 g/mol. The van der Waals surface area contributed by atoms with E-state index in [4.69, 9.17) is 0 Å². The molecule has 0 aliphatic heterocycles.